The molecule has 7 nitrogen and oxygen atoms in total. The summed E-state index contributed by atoms with van der Waals surface area (Å²) < 4.78 is 7.24. The third kappa shape index (κ3) is 3.60. The Balaban J connectivity index is 1.61. The minimum absolute atomic E-state index is 0.213. The van der Waals surface area contributed by atoms with Gasteiger partial charge in [-0.3, -0.25) is 4.79 Å². The number of ether oxygens (including phenoxy) is 1. The molecule has 0 atom stereocenters. The lowest BCUT2D eigenvalue weighted by molar-refractivity contribution is 0.102. The lowest BCUT2D eigenvalue weighted by atomic mass is 10.1. The number of hydrogen-bond donors (Lipinski definition) is 1. The van der Waals surface area contributed by atoms with Crippen LogP contribution in [0.25, 0.3) is 11.4 Å². The molecule has 2 aromatic heterocycles. The van der Waals surface area contributed by atoms with Gasteiger partial charge >= 0.3 is 0 Å². The van der Waals surface area contributed by atoms with Crippen LogP contribution in [0.2, 0.25) is 0 Å². The van der Waals surface area contributed by atoms with Gasteiger partial charge in [-0.1, -0.05) is 18.6 Å². The summed E-state index contributed by atoms with van der Waals surface area (Å²) in [5, 5.41) is 11.8. The SMILES string of the molecule is COc1ccc(C(=O)Nc2cc(-c3nnc4n3CCCCC4)ccc2C)cn1. The molecule has 3 heterocycles. The van der Waals surface area contributed by atoms with Crippen LogP contribution < -0.4 is 10.1 Å². The molecule has 3 aromatic rings. The highest BCUT2D eigenvalue weighted by molar-refractivity contribution is 6.04. The van der Waals surface area contributed by atoms with Gasteiger partial charge in [0.05, 0.1) is 12.7 Å². The van der Waals surface area contributed by atoms with Gasteiger partial charge in [-0.15, -0.1) is 10.2 Å². The second-order valence-corrected chi connectivity index (χ2v) is 6.98. The van der Waals surface area contributed by atoms with Gasteiger partial charge in [-0.05, 0) is 37.5 Å². The molecule has 0 radical (unpaired) electrons. The minimum Gasteiger partial charge on any atom is -0.481 e. The maximum absolute atomic E-state index is 12.6. The number of aromatic nitrogens is 4. The zero-order valence-corrected chi connectivity index (χ0v) is 16.1. The van der Waals surface area contributed by atoms with Gasteiger partial charge in [-0.2, -0.15) is 0 Å². The number of anilines is 1. The van der Waals surface area contributed by atoms with E-state index in [1.807, 2.05) is 25.1 Å². The first-order valence-corrected chi connectivity index (χ1v) is 9.50. The van der Waals surface area contributed by atoms with Crippen molar-refractivity contribution in [3.8, 4) is 17.3 Å². The molecule has 1 N–H and O–H groups in total. The first kappa shape index (κ1) is 18.2. The van der Waals surface area contributed by atoms with E-state index < -0.39 is 0 Å². The van der Waals surface area contributed by atoms with E-state index in [2.05, 4.69) is 25.1 Å². The molecule has 1 amide bonds. The lowest BCUT2D eigenvalue weighted by Gasteiger charge is -2.12. The number of hydrogen-bond acceptors (Lipinski definition) is 5. The van der Waals surface area contributed by atoms with E-state index in [4.69, 9.17) is 4.74 Å². The van der Waals surface area contributed by atoms with Crippen LogP contribution in [0.5, 0.6) is 5.88 Å². The molecule has 0 unspecified atom stereocenters. The Bertz CT molecular complexity index is 995. The predicted octanol–water partition coefficient (Wildman–Crippen LogP) is 3.64. The third-order valence-corrected chi connectivity index (χ3v) is 5.06. The second-order valence-electron chi connectivity index (χ2n) is 6.98. The molecule has 28 heavy (non-hydrogen) atoms. The van der Waals surface area contributed by atoms with Crippen molar-refractivity contribution in [2.45, 2.75) is 39.2 Å². The van der Waals surface area contributed by atoms with E-state index >= 15 is 0 Å². The van der Waals surface area contributed by atoms with E-state index in [0.29, 0.717) is 11.4 Å². The van der Waals surface area contributed by atoms with Crippen LogP contribution >= 0.6 is 0 Å². The molecular formula is C21H23N5O2. The zero-order valence-electron chi connectivity index (χ0n) is 16.1. The van der Waals surface area contributed by atoms with Crippen molar-refractivity contribution in [3.05, 3.63) is 53.5 Å². The number of nitrogens with one attached hydrogen (secondary N) is 1. The zero-order chi connectivity index (χ0) is 19.5. The summed E-state index contributed by atoms with van der Waals surface area (Å²) >= 11 is 0. The number of benzene rings is 1. The number of carbonyl (C=O) groups is 1. The summed E-state index contributed by atoms with van der Waals surface area (Å²) in [5.74, 6) is 2.17. The van der Waals surface area contributed by atoms with E-state index in [-0.39, 0.29) is 5.91 Å². The second kappa shape index (κ2) is 7.80. The van der Waals surface area contributed by atoms with Crippen molar-refractivity contribution in [1.29, 1.82) is 0 Å². The van der Waals surface area contributed by atoms with Gasteiger partial charge in [0.15, 0.2) is 5.82 Å². The maximum atomic E-state index is 12.6. The topological polar surface area (TPSA) is 81.9 Å². The number of pyridine rings is 1. The molecule has 0 saturated carbocycles. The number of carbonyl (C=O) groups excluding carboxylic acids is 1. The highest BCUT2D eigenvalue weighted by atomic mass is 16.5. The Kier molecular flexibility index (Phi) is 5.06. The molecule has 0 bridgehead atoms. The average Bonchev–Trinajstić information content (AvgIpc) is 2.97. The highest BCUT2D eigenvalue weighted by Gasteiger charge is 2.17. The molecule has 1 aliphatic rings. The molecule has 1 aliphatic heterocycles. The number of methoxy groups -OCH3 is 1. The van der Waals surface area contributed by atoms with Crippen molar-refractivity contribution in [2.75, 3.05) is 12.4 Å². The van der Waals surface area contributed by atoms with Gasteiger partial charge in [0, 0.05) is 36.5 Å². The van der Waals surface area contributed by atoms with Crippen molar-refractivity contribution in [2.24, 2.45) is 0 Å². The fourth-order valence-electron chi connectivity index (χ4n) is 3.42. The summed E-state index contributed by atoms with van der Waals surface area (Å²) in [6.45, 7) is 2.90. The molecule has 1 aromatic carbocycles. The third-order valence-electron chi connectivity index (χ3n) is 5.06. The van der Waals surface area contributed by atoms with Crippen LogP contribution in [0, 0.1) is 6.92 Å². The molecule has 7 heteroatoms. The van der Waals surface area contributed by atoms with Gasteiger partial charge in [0.1, 0.15) is 5.82 Å². The van der Waals surface area contributed by atoms with Crippen molar-refractivity contribution in [1.82, 2.24) is 19.7 Å². The van der Waals surface area contributed by atoms with E-state index in [0.717, 1.165) is 54.3 Å². The smallest absolute Gasteiger partial charge is 0.257 e. The van der Waals surface area contributed by atoms with Crippen LogP contribution in [0.4, 0.5) is 5.69 Å². The Morgan fingerprint density at radius 3 is 2.82 bits per heavy atom. The van der Waals surface area contributed by atoms with Crippen LogP contribution in [-0.4, -0.2) is 32.8 Å². The number of nitrogens with zero attached hydrogens (tertiary/aromatic N) is 4. The number of fused-ring (bicyclic) bond motifs is 1. The normalized spacial score (nSPS) is 13.5. The Morgan fingerprint density at radius 1 is 1.14 bits per heavy atom. The van der Waals surface area contributed by atoms with E-state index in [9.17, 15) is 4.79 Å². The fourth-order valence-corrected chi connectivity index (χ4v) is 3.42. The molecule has 4 rings (SSSR count). The number of amides is 1. The van der Waals surface area contributed by atoms with Gasteiger partial charge < -0.3 is 14.6 Å². The average molecular weight is 377 g/mol. The van der Waals surface area contributed by atoms with Crippen LogP contribution in [0.3, 0.4) is 0 Å². The number of aryl methyl sites for hydroxylation is 2. The molecule has 0 spiro atoms. The monoisotopic (exact) mass is 377 g/mol. The van der Waals surface area contributed by atoms with Crippen LogP contribution in [-0.2, 0) is 13.0 Å². The summed E-state index contributed by atoms with van der Waals surface area (Å²) in [6.07, 6.45) is 5.98. The minimum atomic E-state index is -0.213. The number of rotatable bonds is 4. The largest absolute Gasteiger partial charge is 0.481 e. The van der Waals surface area contributed by atoms with E-state index in [1.54, 1.807) is 19.2 Å². The Hall–Kier alpha value is -3.22. The Morgan fingerprint density at radius 2 is 2.04 bits per heavy atom. The quantitative estimate of drug-likeness (QED) is 0.751. The first-order chi connectivity index (χ1) is 13.7. The molecule has 0 saturated heterocycles. The summed E-state index contributed by atoms with van der Waals surface area (Å²) in [5.41, 5.74) is 3.16. The summed E-state index contributed by atoms with van der Waals surface area (Å²) in [7, 11) is 1.54. The highest BCUT2D eigenvalue weighted by Crippen LogP contribution is 2.27. The molecule has 0 aliphatic carbocycles. The standard InChI is InChI=1S/C21H23N5O2/c1-14-7-8-15(20-25-24-18-6-4-3-5-11-26(18)20)12-17(14)23-21(27)16-9-10-19(28-2)22-13-16/h7-10,12-13H,3-6,11H2,1-2H3,(H,23,27). The predicted molar refractivity (Wildman–Crippen MR) is 106 cm³/mol. The van der Waals surface area contributed by atoms with Crippen LogP contribution in [0.1, 0.15) is 41.0 Å². The van der Waals surface area contributed by atoms with Crippen molar-refractivity contribution >= 4 is 11.6 Å². The van der Waals surface area contributed by atoms with Gasteiger partial charge in [-0.25, -0.2) is 4.98 Å². The van der Waals surface area contributed by atoms with Gasteiger partial charge in [0.2, 0.25) is 5.88 Å². The fraction of sp³-hybridized carbons (Fsp3) is 0.333. The van der Waals surface area contributed by atoms with Crippen molar-refractivity contribution < 1.29 is 9.53 Å². The molecule has 144 valence electrons. The van der Waals surface area contributed by atoms with Gasteiger partial charge in [0.25, 0.3) is 5.91 Å². The van der Waals surface area contributed by atoms with E-state index in [1.165, 1.54) is 12.6 Å². The maximum Gasteiger partial charge on any atom is 0.257 e. The molecular weight excluding hydrogens is 354 g/mol. The Labute approximate surface area is 163 Å². The summed E-state index contributed by atoms with van der Waals surface area (Å²) in [6, 6.07) is 9.35. The summed E-state index contributed by atoms with van der Waals surface area (Å²) in [4.78, 5) is 16.7. The lowest BCUT2D eigenvalue weighted by Crippen LogP contribution is -2.13. The van der Waals surface area contributed by atoms with Crippen molar-refractivity contribution in [3.63, 3.8) is 0 Å². The first-order valence-electron chi connectivity index (χ1n) is 9.50. The van der Waals surface area contributed by atoms with Crippen LogP contribution in [0.15, 0.2) is 36.5 Å². The molecule has 0 fully saturated rings.